The molecule has 1 aromatic carbocycles. The maximum Gasteiger partial charge on any atom is 0.219 e. The molecule has 1 aliphatic heterocycles. The van der Waals surface area contributed by atoms with Crippen LogP contribution in [-0.4, -0.2) is 28.2 Å². The number of hydrogen-bond acceptors (Lipinski definition) is 3. The second kappa shape index (κ2) is 5.95. The Morgan fingerprint density at radius 3 is 2.67 bits per heavy atom. The maximum atomic E-state index is 9.15. The van der Waals surface area contributed by atoms with Crippen LogP contribution < -0.4 is 0 Å². The third-order valence-corrected chi connectivity index (χ3v) is 4.38. The lowest BCUT2D eigenvalue weighted by Crippen LogP contribution is -2.35. The van der Waals surface area contributed by atoms with Crippen LogP contribution in [-0.2, 0) is 15.3 Å². The van der Waals surface area contributed by atoms with E-state index in [0.717, 1.165) is 0 Å². The van der Waals surface area contributed by atoms with Gasteiger partial charge in [-0.15, -0.1) is 0 Å². The van der Waals surface area contributed by atoms with Crippen LogP contribution in [0.2, 0.25) is 10.0 Å². The number of aliphatic hydroxyl groups excluding tert-OH is 1. The third-order valence-electron chi connectivity index (χ3n) is 2.62. The van der Waals surface area contributed by atoms with Gasteiger partial charge in [-0.3, -0.25) is 0 Å². The molecule has 0 aliphatic carbocycles. The molecule has 1 aliphatic rings. The van der Waals surface area contributed by atoms with Gasteiger partial charge in [-0.05, 0) is 12.1 Å². The first-order valence-corrected chi connectivity index (χ1v) is 7.74. The fourth-order valence-electron chi connectivity index (χ4n) is 1.77. The molecule has 0 spiro atoms. The molecule has 0 radical (unpaired) electrons. The summed E-state index contributed by atoms with van der Waals surface area (Å²) in [5.41, 5.74) is 0.656. The smallest absolute Gasteiger partial charge is 0.219 e. The van der Waals surface area contributed by atoms with Gasteiger partial charge in [0.1, 0.15) is 9.84 Å². The van der Waals surface area contributed by atoms with Crippen molar-refractivity contribution in [1.82, 2.24) is 0 Å². The lowest BCUT2D eigenvalue weighted by Gasteiger charge is -2.31. The SMILES string of the molecule is OCC1COC(c2ccc(Cl)cc2Cl)(C(Br)Br)O1. The van der Waals surface area contributed by atoms with Gasteiger partial charge in [0.2, 0.25) is 5.79 Å². The lowest BCUT2D eigenvalue weighted by atomic mass is 10.1. The van der Waals surface area contributed by atoms with E-state index in [9.17, 15) is 0 Å². The molecule has 1 heterocycles. The van der Waals surface area contributed by atoms with Gasteiger partial charge in [0.25, 0.3) is 0 Å². The Labute approximate surface area is 132 Å². The number of hydrogen-bond donors (Lipinski definition) is 1. The van der Waals surface area contributed by atoms with Crippen molar-refractivity contribution in [1.29, 1.82) is 0 Å². The molecule has 1 aromatic rings. The molecular weight excluding hydrogens is 411 g/mol. The van der Waals surface area contributed by atoms with Gasteiger partial charge in [0, 0.05) is 10.6 Å². The first-order chi connectivity index (χ1) is 8.49. The summed E-state index contributed by atoms with van der Waals surface area (Å²) < 4.78 is 11.2. The fourth-order valence-corrected chi connectivity index (χ4v) is 3.28. The quantitative estimate of drug-likeness (QED) is 0.758. The minimum absolute atomic E-state index is 0.111. The molecule has 0 amide bonds. The number of alkyl halides is 2. The lowest BCUT2D eigenvalue weighted by molar-refractivity contribution is -0.165. The average Bonchev–Trinajstić information content (AvgIpc) is 2.74. The molecule has 100 valence electrons. The van der Waals surface area contributed by atoms with E-state index in [1.807, 2.05) is 0 Å². The van der Waals surface area contributed by atoms with Crippen LogP contribution in [0, 0.1) is 0 Å². The fraction of sp³-hybridized carbons (Fsp3) is 0.455. The van der Waals surface area contributed by atoms with Gasteiger partial charge in [-0.1, -0.05) is 61.1 Å². The topological polar surface area (TPSA) is 38.7 Å². The second-order valence-electron chi connectivity index (χ2n) is 3.83. The van der Waals surface area contributed by atoms with Gasteiger partial charge in [-0.25, -0.2) is 0 Å². The predicted octanol–water partition coefficient (Wildman–Crippen LogP) is 3.67. The molecule has 18 heavy (non-hydrogen) atoms. The second-order valence-corrected chi connectivity index (χ2v) is 7.73. The Hall–Kier alpha value is 0.640. The van der Waals surface area contributed by atoms with Gasteiger partial charge in [0.15, 0.2) is 0 Å². The maximum absolute atomic E-state index is 9.15. The molecule has 1 N–H and O–H groups in total. The number of rotatable bonds is 3. The van der Waals surface area contributed by atoms with Crippen molar-refractivity contribution in [3.8, 4) is 0 Å². The minimum atomic E-state index is -1.07. The van der Waals surface area contributed by atoms with E-state index in [4.69, 9.17) is 37.8 Å². The number of benzene rings is 1. The summed E-state index contributed by atoms with van der Waals surface area (Å²) in [6.07, 6.45) is -0.380. The normalized spacial score (nSPS) is 28.0. The van der Waals surface area contributed by atoms with E-state index in [2.05, 4.69) is 31.9 Å². The van der Waals surface area contributed by atoms with Crippen LogP contribution >= 0.6 is 55.1 Å². The molecule has 0 bridgehead atoms. The summed E-state index contributed by atoms with van der Waals surface area (Å²) in [5, 5.41) is 10.1. The van der Waals surface area contributed by atoms with Gasteiger partial charge < -0.3 is 14.6 Å². The van der Waals surface area contributed by atoms with Crippen LogP contribution in [0.1, 0.15) is 5.56 Å². The van der Waals surface area contributed by atoms with Crippen molar-refractivity contribution in [2.24, 2.45) is 0 Å². The Bertz CT molecular complexity index is 444. The first kappa shape index (κ1) is 15.0. The average molecular weight is 421 g/mol. The van der Waals surface area contributed by atoms with Gasteiger partial charge in [-0.2, -0.15) is 0 Å². The molecule has 2 rings (SSSR count). The molecule has 0 aromatic heterocycles. The highest BCUT2D eigenvalue weighted by atomic mass is 79.9. The molecule has 1 saturated heterocycles. The van der Waals surface area contributed by atoms with E-state index in [0.29, 0.717) is 22.2 Å². The molecule has 2 atom stereocenters. The monoisotopic (exact) mass is 418 g/mol. The van der Waals surface area contributed by atoms with Crippen molar-refractivity contribution < 1.29 is 14.6 Å². The van der Waals surface area contributed by atoms with Crippen LogP contribution in [0.4, 0.5) is 0 Å². The Morgan fingerprint density at radius 1 is 1.44 bits per heavy atom. The zero-order valence-electron chi connectivity index (χ0n) is 9.08. The molecule has 3 nitrogen and oxygen atoms in total. The van der Waals surface area contributed by atoms with Gasteiger partial charge >= 0.3 is 0 Å². The summed E-state index contributed by atoms with van der Waals surface area (Å²) in [7, 11) is 0. The van der Waals surface area contributed by atoms with E-state index in [-0.39, 0.29) is 16.4 Å². The highest BCUT2D eigenvalue weighted by Crippen LogP contribution is 2.46. The molecule has 2 unspecified atom stereocenters. The third kappa shape index (κ3) is 2.73. The summed E-state index contributed by atoms with van der Waals surface area (Å²) >= 11 is 18.9. The van der Waals surface area contributed by atoms with E-state index < -0.39 is 5.79 Å². The van der Waals surface area contributed by atoms with E-state index in [1.54, 1.807) is 18.2 Å². The highest BCUT2D eigenvalue weighted by molar-refractivity contribution is 9.24. The summed E-state index contributed by atoms with van der Waals surface area (Å²) in [6, 6.07) is 5.09. The van der Waals surface area contributed by atoms with Crippen molar-refractivity contribution in [2.45, 2.75) is 15.6 Å². The summed E-state index contributed by atoms with van der Waals surface area (Å²) in [5.74, 6) is -1.07. The van der Waals surface area contributed by atoms with Crippen molar-refractivity contribution in [2.75, 3.05) is 13.2 Å². The summed E-state index contributed by atoms with van der Waals surface area (Å²) in [4.78, 5) is 0. The van der Waals surface area contributed by atoms with Crippen LogP contribution in [0.15, 0.2) is 18.2 Å². The molecule has 0 saturated carbocycles. The molecule has 7 heteroatoms. The van der Waals surface area contributed by atoms with Crippen molar-refractivity contribution in [3.05, 3.63) is 33.8 Å². The molecular formula is C11H10Br2Cl2O3. The zero-order valence-corrected chi connectivity index (χ0v) is 13.8. The Morgan fingerprint density at radius 2 is 2.17 bits per heavy atom. The highest BCUT2D eigenvalue weighted by Gasteiger charge is 2.48. The summed E-state index contributed by atoms with van der Waals surface area (Å²) in [6.45, 7) is 0.183. The van der Waals surface area contributed by atoms with Crippen LogP contribution in [0.3, 0.4) is 0 Å². The minimum Gasteiger partial charge on any atom is -0.394 e. The number of halogens is 4. The predicted molar refractivity (Wildman–Crippen MR) is 77.7 cm³/mol. The first-order valence-electron chi connectivity index (χ1n) is 5.16. The number of ether oxygens (including phenoxy) is 2. The van der Waals surface area contributed by atoms with Crippen LogP contribution in [0.25, 0.3) is 0 Å². The largest absolute Gasteiger partial charge is 0.394 e. The Balaban J connectivity index is 2.42. The van der Waals surface area contributed by atoms with E-state index in [1.165, 1.54) is 0 Å². The van der Waals surface area contributed by atoms with Crippen LogP contribution in [0.5, 0.6) is 0 Å². The molecule has 1 fully saturated rings. The van der Waals surface area contributed by atoms with Gasteiger partial charge in [0.05, 0.1) is 18.2 Å². The number of aliphatic hydroxyl groups is 1. The zero-order chi connectivity index (χ0) is 13.3. The van der Waals surface area contributed by atoms with Crippen molar-refractivity contribution >= 4 is 55.1 Å². The Kier molecular flexibility index (Phi) is 4.97. The van der Waals surface area contributed by atoms with E-state index >= 15 is 0 Å². The van der Waals surface area contributed by atoms with Crippen molar-refractivity contribution in [3.63, 3.8) is 0 Å². The standard InChI is InChI=1S/C11H10Br2Cl2O3/c12-10(13)11(17-5-7(4-16)18-11)8-2-1-6(14)3-9(8)15/h1-3,7,10,16H,4-5H2.